The summed E-state index contributed by atoms with van der Waals surface area (Å²) in [6, 6.07) is 7.08. The molecule has 0 fully saturated rings. The van der Waals surface area contributed by atoms with E-state index in [9.17, 15) is 13.7 Å². The Balaban J connectivity index is 1.65. The number of H-pyrrole nitrogens is 1. The summed E-state index contributed by atoms with van der Waals surface area (Å²) in [4.78, 5) is 16.6. The molecule has 0 aliphatic heterocycles. The standard InChI is InChI=1S/C21H15ClN10O2S/c1-32-3-2-16(30-32)20-19(13-4-14-9-26-29-18(14)15(22)5-13)27-17(6-23)21(28-20)31-35(33,34)10-12-7-24-11-25-8-12/h2-5,7-9,11H,10H2,1H3,(H,26,29)(H,28,31). The number of nitrogens with one attached hydrogen (secondary N) is 2. The highest BCUT2D eigenvalue weighted by molar-refractivity contribution is 7.91. The fourth-order valence-electron chi connectivity index (χ4n) is 3.46. The fraction of sp³-hybridized carbons (Fsp3) is 0.0952. The van der Waals surface area contributed by atoms with E-state index in [1.54, 1.807) is 42.3 Å². The Kier molecular flexibility index (Phi) is 5.59. The molecule has 14 heteroatoms. The molecule has 0 bridgehead atoms. The summed E-state index contributed by atoms with van der Waals surface area (Å²) in [5, 5.41) is 22.1. The van der Waals surface area contributed by atoms with Crippen LogP contribution < -0.4 is 4.72 Å². The molecular formula is C21H15ClN10O2S. The summed E-state index contributed by atoms with van der Waals surface area (Å²) < 4.78 is 29.6. The van der Waals surface area contributed by atoms with Crippen molar-refractivity contribution in [2.75, 3.05) is 4.72 Å². The van der Waals surface area contributed by atoms with E-state index in [0.29, 0.717) is 33.1 Å². The summed E-state index contributed by atoms with van der Waals surface area (Å²) in [6.45, 7) is 0. The number of anilines is 1. The first-order valence-electron chi connectivity index (χ1n) is 10.0. The second kappa shape index (κ2) is 8.75. The quantitative estimate of drug-likeness (QED) is 0.351. The predicted octanol–water partition coefficient (Wildman–Crippen LogP) is 2.68. The van der Waals surface area contributed by atoms with E-state index in [1.165, 1.54) is 18.7 Å². The lowest BCUT2D eigenvalue weighted by atomic mass is 10.1. The minimum Gasteiger partial charge on any atom is -0.276 e. The highest BCUT2D eigenvalue weighted by atomic mass is 35.5. The van der Waals surface area contributed by atoms with Crippen LogP contribution in [0.4, 0.5) is 5.82 Å². The Morgan fingerprint density at radius 3 is 2.69 bits per heavy atom. The summed E-state index contributed by atoms with van der Waals surface area (Å²) in [5.74, 6) is -0.627. The van der Waals surface area contributed by atoms with Crippen molar-refractivity contribution in [2.45, 2.75) is 5.75 Å². The molecule has 5 rings (SSSR count). The van der Waals surface area contributed by atoms with E-state index in [1.807, 2.05) is 6.07 Å². The molecular weight excluding hydrogens is 492 g/mol. The average Bonchev–Trinajstić information content (AvgIpc) is 3.48. The first-order valence-corrected chi connectivity index (χ1v) is 12.1. The van der Waals surface area contributed by atoms with Crippen molar-refractivity contribution in [1.29, 1.82) is 5.26 Å². The van der Waals surface area contributed by atoms with Crippen molar-refractivity contribution in [1.82, 2.24) is 39.9 Å². The smallest absolute Gasteiger partial charge is 0.238 e. The Hall–Kier alpha value is -4.41. The van der Waals surface area contributed by atoms with Gasteiger partial charge in [-0.1, -0.05) is 11.6 Å². The number of fused-ring (bicyclic) bond motifs is 1. The summed E-state index contributed by atoms with van der Waals surface area (Å²) in [5.41, 5.74) is 2.38. The van der Waals surface area contributed by atoms with E-state index in [4.69, 9.17) is 11.6 Å². The van der Waals surface area contributed by atoms with Gasteiger partial charge in [-0.05, 0) is 18.2 Å². The van der Waals surface area contributed by atoms with Gasteiger partial charge in [0.25, 0.3) is 0 Å². The highest BCUT2D eigenvalue weighted by Gasteiger charge is 2.23. The van der Waals surface area contributed by atoms with Gasteiger partial charge in [-0.3, -0.25) is 14.5 Å². The van der Waals surface area contributed by atoms with Gasteiger partial charge in [-0.2, -0.15) is 15.5 Å². The average molecular weight is 507 g/mol. The molecule has 174 valence electrons. The Bertz CT molecular complexity index is 1710. The van der Waals surface area contributed by atoms with Gasteiger partial charge >= 0.3 is 0 Å². The summed E-state index contributed by atoms with van der Waals surface area (Å²) in [6.07, 6.45) is 7.40. The van der Waals surface area contributed by atoms with Crippen LogP contribution in [-0.4, -0.2) is 48.3 Å². The number of rotatable bonds is 6. The van der Waals surface area contributed by atoms with Gasteiger partial charge in [0.1, 0.15) is 29.5 Å². The number of nitrogens with zero attached hydrogens (tertiary/aromatic N) is 8. The number of hydrogen-bond donors (Lipinski definition) is 2. The van der Waals surface area contributed by atoms with Gasteiger partial charge in [0.05, 0.1) is 22.5 Å². The van der Waals surface area contributed by atoms with Crippen molar-refractivity contribution < 1.29 is 8.42 Å². The first kappa shape index (κ1) is 22.4. The van der Waals surface area contributed by atoms with Crippen LogP contribution in [-0.2, 0) is 22.8 Å². The van der Waals surface area contributed by atoms with Crippen LogP contribution >= 0.6 is 11.6 Å². The van der Waals surface area contributed by atoms with E-state index >= 15 is 0 Å². The van der Waals surface area contributed by atoms with Gasteiger partial charge in [0.15, 0.2) is 11.5 Å². The van der Waals surface area contributed by atoms with Crippen molar-refractivity contribution >= 4 is 38.3 Å². The molecule has 1 aromatic carbocycles. The van der Waals surface area contributed by atoms with E-state index < -0.39 is 15.8 Å². The van der Waals surface area contributed by atoms with Crippen LogP contribution in [0.2, 0.25) is 5.02 Å². The van der Waals surface area contributed by atoms with Crippen molar-refractivity contribution in [3.63, 3.8) is 0 Å². The van der Waals surface area contributed by atoms with Gasteiger partial charge in [0.2, 0.25) is 10.0 Å². The third-order valence-corrected chi connectivity index (χ3v) is 6.47. The van der Waals surface area contributed by atoms with Gasteiger partial charge in [0, 0.05) is 42.2 Å². The number of aryl methyl sites for hydroxylation is 1. The zero-order valence-electron chi connectivity index (χ0n) is 18.0. The molecule has 0 atom stereocenters. The number of halogens is 1. The maximum atomic E-state index is 12.8. The van der Waals surface area contributed by atoms with Crippen LogP contribution in [0.3, 0.4) is 0 Å². The van der Waals surface area contributed by atoms with Crippen molar-refractivity contribution in [2.24, 2.45) is 7.05 Å². The minimum absolute atomic E-state index is 0.212. The largest absolute Gasteiger partial charge is 0.276 e. The first-order chi connectivity index (χ1) is 16.8. The molecule has 0 saturated heterocycles. The minimum atomic E-state index is -3.96. The molecule has 0 spiro atoms. The third-order valence-electron chi connectivity index (χ3n) is 4.96. The van der Waals surface area contributed by atoms with E-state index in [2.05, 4.69) is 40.0 Å². The number of benzene rings is 1. The van der Waals surface area contributed by atoms with Crippen LogP contribution in [0.1, 0.15) is 11.3 Å². The van der Waals surface area contributed by atoms with Crippen LogP contribution in [0, 0.1) is 11.3 Å². The van der Waals surface area contributed by atoms with Crippen LogP contribution in [0.25, 0.3) is 33.5 Å². The zero-order chi connectivity index (χ0) is 24.6. The molecule has 4 aromatic heterocycles. The molecule has 2 N–H and O–H groups in total. The monoisotopic (exact) mass is 506 g/mol. The van der Waals surface area contributed by atoms with E-state index in [-0.39, 0.29) is 17.2 Å². The number of aromatic amines is 1. The molecule has 0 saturated carbocycles. The van der Waals surface area contributed by atoms with Crippen LogP contribution in [0.15, 0.2) is 49.3 Å². The molecule has 5 aromatic rings. The maximum Gasteiger partial charge on any atom is 0.238 e. The van der Waals surface area contributed by atoms with Crippen molar-refractivity contribution in [3.05, 3.63) is 65.6 Å². The van der Waals surface area contributed by atoms with Gasteiger partial charge in [-0.15, -0.1) is 0 Å². The number of sulfonamides is 1. The Morgan fingerprint density at radius 2 is 1.97 bits per heavy atom. The third kappa shape index (κ3) is 4.52. The number of hydrogen-bond acceptors (Lipinski definition) is 9. The van der Waals surface area contributed by atoms with Gasteiger partial charge < -0.3 is 0 Å². The Morgan fingerprint density at radius 1 is 1.17 bits per heavy atom. The fourth-order valence-corrected chi connectivity index (χ4v) is 4.83. The lowest BCUT2D eigenvalue weighted by Crippen LogP contribution is -2.18. The zero-order valence-corrected chi connectivity index (χ0v) is 19.6. The normalized spacial score (nSPS) is 11.5. The van der Waals surface area contributed by atoms with Gasteiger partial charge in [-0.25, -0.2) is 28.4 Å². The molecule has 0 radical (unpaired) electrons. The second-order valence-electron chi connectivity index (χ2n) is 7.50. The topological polar surface area (TPSA) is 168 Å². The molecule has 0 unspecified atom stereocenters. The lowest BCUT2D eigenvalue weighted by molar-refractivity contribution is 0.600. The lowest BCUT2D eigenvalue weighted by Gasteiger charge is -2.13. The van der Waals surface area contributed by atoms with E-state index in [0.717, 1.165) is 5.39 Å². The predicted molar refractivity (Wildman–Crippen MR) is 127 cm³/mol. The van der Waals surface area contributed by atoms with Crippen molar-refractivity contribution in [3.8, 4) is 28.7 Å². The SMILES string of the molecule is Cn1ccc(-c2nc(NS(=O)(=O)Cc3cncnc3)c(C#N)nc2-c2cc(Cl)c3[nH]ncc3c2)n1. The highest BCUT2D eigenvalue weighted by Crippen LogP contribution is 2.34. The number of aromatic nitrogens is 8. The molecule has 0 aliphatic rings. The molecule has 0 aliphatic carbocycles. The maximum absolute atomic E-state index is 12.8. The molecule has 12 nitrogen and oxygen atoms in total. The molecule has 35 heavy (non-hydrogen) atoms. The summed E-state index contributed by atoms with van der Waals surface area (Å²) in [7, 11) is -2.23. The van der Waals surface area contributed by atoms with Crippen LogP contribution in [0.5, 0.6) is 0 Å². The second-order valence-corrected chi connectivity index (χ2v) is 9.63. The number of nitriles is 1. The molecule has 0 amide bonds. The Labute approximate surface area is 203 Å². The summed E-state index contributed by atoms with van der Waals surface area (Å²) >= 11 is 6.42. The molecule has 4 heterocycles.